The topological polar surface area (TPSA) is 79.7 Å². The zero-order chi connectivity index (χ0) is 18.9. The molecule has 2 aliphatic heterocycles. The van der Waals surface area contributed by atoms with Gasteiger partial charge in [-0.3, -0.25) is 4.79 Å². The number of hydrogen-bond acceptors (Lipinski definition) is 6. The highest BCUT2D eigenvalue weighted by atomic mass is 19.4. The number of amides is 1. The van der Waals surface area contributed by atoms with Gasteiger partial charge in [0.25, 0.3) is 5.91 Å². The predicted octanol–water partition coefficient (Wildman–Crippen LogP) is 1.89. The summed E-state index contributed by atoms with van der Waals surface area (Å²) in [5, 5.41) is 5.58. The minimum atomic E-state index is -4.46. The molecule has 1 spiro atoms. The molecule has 3 heterocycles. The van der Waals surface area contributed by atoms with Crippen molar-refractivity contribution in [1.82, 2.24) is 15.3 Å². The number of nitrogens with zero attached hydrogens (tertiary/aromatic N) is 4. The number of rotatable bonds is 3. The lowest BCUT2D eigenvalue weighted by atomic mass is 9.88. The lowest BCUT2D eigenvalue weighted by Crippen LogP contribution is -2.50. The Morgan fingerprint density at radius 2 is 2.04 bits per heavy atom. The molecule has 0 radical (unpaired) electrons. The van der Waals surface area contributed by atoms with Crippen molar-refractivity contribution in [3.05, 3.63) is 17.5 Å². The minimum absolute atomic E-state index is 0.0163. The van der Waals surface area contributed by atoms with Crippen LogP contribution in [-0.4, -0.2) is 53.0 Å². The van der Waals surface area contributed by atoms with E-state index in [2.05, 4.69) is 15.1 Å². The first-order valence-electron chi connectivity index (χ1n) is 8.33. The van der Waals surface area contributed by atoms with Crippen LogP contribution in [-0.2, 0) is 9.63 Å². The molecule has 26 heavy (non-hydrogen) atoms. The molecule has 0 bridgehead atoms. The molecule has 1 saturated heterocycles. The second-order valence-corrected chi connectivity index (χ2v) is 6.76. The largest absolute Gasteiger partial charge is 0.405 e. The summed E-state index contributed by atoms with van der Waals surface area (Å²) in [5.74, 6) is -0.265. The van der Waals surface area contributed by atoms with Gasteiger partial charge in [0.2, 0.25) is 5.95 Å². The normalized spacial score (nSPS) is 23.0. The van der Waals surface area contributed by atoms with Gasteiger partial charge in [0.05, 0.1) is 6.54 Å². The van der Waals surface area contributed by atoms with E-state index in [1.807, 2.05) is 30.1 Å². The molecule has 2 aliphatic rings. The predicted molar refractivity (Wildman–Crippen MR) is 87.9 cm³/mol. The Labute approximate surface area is 148 Å². The van der Waals surface area contributed by atoms with Gasteiger partial charge >= 0.3 is 6.18 Å². The Hall–Kier alpha value is -2.39. The second kappa shape index (κ2) is 6.73. The van der Waals surface area contributed by atoms with Gasteiger partial charge in [-0.15, -0.1) is 0 Å². The Bertz CT molecular complexity index is 717. The minimum Gasteiger partial charge on any atom is -0.386 e. The molecule has 3 rings (SSSR count). The average Bonchev–Trinajstić information content (AvgIpc) is 2.94. The fourth-order valence-corrected chi connectivity index (χ4v) is 3.26. The van der Waals surface area contributed by atoms with Gasteiger partial charge in [0.1, 0.15) is 12.3 Å². The van der Waals surface area contributed by atoms with E-state index in [9.17, 15) is 18.0 Å². The van der Waals surface area contributed by atoms with Crippen molar-refractivity contribution in [2.75, 3.05) is 24.5 Å². The highest BCUT2D eigenvalue weighted by Gasteiger charge is 2.45. The highest BCUT2D eigenvalue weighted by molar-refractivity contribution is 6.39. The van der Waals surface area contributed by atoms with Crippen LogP contribution in [0.15, 0.2) is 11.2 Å². The number of aromatic nitrogens is 2. The van der Waals surface area contributed by atoms with Gasteiger partial charge < -0.3 is 15.1 Å². The lowest BCUT2D eigenvalue weighted by molar-refractivity contribution is -0.134. The number of anilines is 1. The van der Waals surface area contributed by atoms with Gasteiger partial charge in [-0.1, -0.05) is 5.16 Å². The maximum Gasteiger partial charge on any atom is 0.405 e. The Balaban J connectivity index is 1.66. The van der Waals surface area contributed by atoms with Crippen molar-refractivity contribution in [2.24, 2.45) is 5.16 Å². The molecule has 1 fully saturated rings. The maximum absolute atomic E-state index is 12.2. The smallest absolute Gasteiger partial charge is 0.386 e. The summed E-state index contributed by atoms with van der Waals surface area (Å²) in [4.78, 5) is 28.3. The summed E-state index contributed by atoms with van der Waals surface area (Å²) in [6, 6.07) is 1.88. The molecule has 7 nitrogen and oxygen atoms in total. The molecule has 1 N–H and O–H groups in total. The number of carbonyl (C=O) groups excluding carboxylic acids is 1. The second-order valence-electron chi connectivity index (χ2n) is 6.76. The van der Waals surface area contributed by atoms with Crippen LogP contribution in [0.3, 0.4) is 0 Å². The van der Waals surface area contributed by atoms with Crippen LogP contribution in [0.2, 0.25) is 0 Å². The van der Waals surface area contributed by atoms with E-state index in [0.29, 0.717) is 18.9 Å². The molecule has 1 amide bonds. The molecular weight excluding hydrogens is 351 g/mol. The number of oxime groups is 1. The van der Waals surface area contributed by atoms with Gasteiger partial charge in [0, 0.05) is 24.4 Å². The highest BCUT2D eigenvalue weighted by Crippen LogP contribution is 2.34. The molecule has 0 saturated carbocycles. The number of hydrogen-bond donors (Lipinski definition) is 1. The SMILES string of the molecule is Cc1cc(C)nc(N2CCC[C@]3(CC(C(=O)NCC(F)(F)F)=NO3)C2)n1. The van der Waals surface area contributed by atoms with E-state index < -0.39 is 24.2 Å². The van der Waals surface area contributed by atoms with E-state index in [0.717, 1.165) is 24.4 Å². The van der Waals surface area contributed by atoms with Crippen LogP contribution in [0.1, 0.15) is 30.7 Å². The zero-order valence-electron chi connectivity index (χ0n) is 14.6. The van der Waals surface area contributed by atoms with E-state index >= 15 is 0 Å². The van der Waals surface area contributed by atoms with Gasteiger partial charge in [-0.2, -0.15) is 13.2 Å². The van der Waals surface area contributed by atoms with E-state index in [4.69, 9.17) is 4.84 Å². The molecule has 1 aromatic rings. The summed E-state index contributed by atoms with van der Waals surface area (Å²) in [7, 11) is 0. The molecular formula is C16H20F3N5O2. The zero-order valence-corrected chi connectivity index (χ0v) is 14.6. The number of carbonyl (C=O) groups is 1. The number of piperidine rings is 1. The van der Waals surface area contributed by atoms with Crippen molar-refractivity contribution in [2.45, 2.75) is 44.9 Å². The fourth-order valence-electron chi connectivity index (χ4n) is 3.26. The first kappa shape index (κ1) is 18.4. The van der Waals surface area contributed by atoms with Crippen LogP contribution in [0.5, 0.6) is 0 Å². The van der Waals surface area contributed by atoms with E-state index in [-0.39, 0.29) is 12.1 Å². The molecule has 0 aromatic carbocycles. The number of halogens is 3. The Morgan fingerprint density at radius 3 is 2.69 bits per heavy atom. The lowest BCUT2D eigenvalue weighted by Gasteiger charge is -2.38. The first-order chi connectivity index (χ1) is 12.2. The number of alkyl halides is 3. The third-order valence-electron chi connectivity index (χ3n) is 4.34. The fraction of sp³-hybridized carbons (Fsp3) is 0.625. The number of nitrogens with one attached hydrogen (secondary N) is 1. The summed E-state index contributed by atoms with van der Waals surface area (Å²) >= 11 is 0. The molecule has 0 aliphatic carbocycles. The van der Waals surface area contributed by atoms with Crippen LogP contribution in [0.4, 0.5) is 19.1 Å². The van der Waals surface area contributed by atoms with E-state index in [1.165, 1.54) is 0 Å². The maximum atomic E-state index is 12.2. The molecule has 0 unspecified atom stereocenters. The van der Waals surface area contributed by atoms with Gasteiger partial charge in [-0.25, -0.2) is 9.97 Å². The summed E-state index contributed by atoms with van der Waals surface area (Å²) < 4.78 is 36.7. The summed E-state index contributed by atoms with van der Waals surface area (Å²) in [6.45, 7) is 3.55. The first-order valence-corrected chi connectivity index (χ1v) is 8.33. The van der Waals surface area contributed by atoms with Gasteiger partial charge in [0.15, 0.2) is 5.60 Å². The van der Waals surface area contributed by atoms with Crippen molar-refractivity contribution in [3.63, 3.8) is 0 Å². The van der Waals surface area contributed by atoms with E-state index in [1.54, 1.807) is 0 Å². The van der Waals surface area contributed by atoms with Crippen molar-refractivity contribution < 1.29 is 22.8 Å². The standard InChI is InChI=1S/C16H20F3N5O2/c1-10-6-11(2)22-14(21-10)24-5-3-4-15(9-24)7-12(23-26-15)13(25)20-8-16(17,18)19/h6H,3-5,7-9H2,1-2H3,(H,20,25)/t15-/m0/s1. The van der Waals surface area contributed by atoms with Crippen molar-refractivity contribution >= 4 is 17.6 Å². The Kier molecular flexibility index (Phi) is 4.76. The number of aryl methyl sites for hydroxylation is 2. The quantitative estimate of drug-likeness (QED) is 0.878. The van der Waals surface area contributed by atoms with Crippen molar-refractivity contribution in [1.29, 1.82) is 0 Å². The average molecular weight is 371 g/mol. The molecule has 1 atom stereocenters. The van der Waals surface area contributed by atoms with Crippen molar-refractivity contribution in [3.8, 4) is 0 Å². The third-order valence-corrected chi connectivity index (χ3v) is 4.34. The van der Waals surface area contributed by atoms with Crippen LogP contribution in [0.25, 0.3) is 0 Å². The molecule has 142 valence electrons. The molecule has 10 heteroatoms. The monoisotopic (exact) mass is 371 g/mol. The summed E-state index contributed by atoms with van der Waals surface area (Å²) in [5.41, 5.74) is 0.952. The Morgan fingerprint density at radius 1 is 1.35 bits per heavy atom. The summed E-state index contributed by atoms with van der Waals surface area (Å²) in [6.07, 6.45) is -2.86. The van der Waals surface area contributed by atoms with Crippen LogP contribution >= 0.6 is 0 Å². The van der Waals surface area contributed by atoms with Gasteiger partial charge in [-0.05, 0) is 32.8 Å². The van der Waals surface area contributed by atoms with Crippen LogP contribution < -0.4 is 10.2 Å². The van der Waals surface area contributed by atoms with Crippen LogP contribution in [0, 0.1) is 13.8 Å². The third kappa shape index (κ3) is 4.23. The molecule has 1 aromatic heterocycles.